The molecule has 2 rings (SSSR count). The van der Waals surface area contributed by atoms with Crippen molar-refractivity contribution in [3.63, 3.8) is 0 Å². The van der Waals surface area contributed by atoms with Gasteiger partial charge in [-0.25, -0.2) is 17.6 Å². The molecule has 0 aromatic heterocycles. The van der Waals surface area contributed by atoms with E-state index in [1.54, 1.807) is 0 Å². The van der Waals surface area contributed by atoms with Crippen LogP contribution in [0.3, 0.4) is 0 Å². The average Bonchev–Trinajstić information content (AvgIpc) is 2.61. The monoisotopic (exact) mass is 459 g/mol. The summed E-state index contributed by atoms with van der Waals surface area (Å²) in [6, 6.07) is 6.46. The zero-order valence-corrected chi connectivity index (χ0v) is 16.6. The topological polar surface area (TPSA) is 102 Å². The number of hydrogen-bond donors (Lipinski definition) is 2. The van der Waals surface area contributed by atoms with Gasteiger partial charge in [0.1, 0.15) is 10.7 Å². The van der Waals surface area contributed by atoms with Gasteiger partial charge in [0, 0.05) is 10.5 Å². The van der Waals surface area contributed by atoms with Crippen molar-refractivity contribution in [2.75, 3.05) is 18.9 Å². The molecule has 144 valence electrons. The normalized spacial score (nSPS) is 11.4. The van der Waals surface area contributed by atoms with Crippen molar-refractivity contribution >= 4 is 43.7 Å². The molecular formula is C17H15BrFNO6S. The molecule has 0 spiro atoms. The van der Waals surface area contributed by atoms with Crippen LogP contribution in [0.4, 0.5) is 10.1 Å². The van der Waals surface area contributed by atoms with E-state index in [1.165, 1.54) is 44.6 Å². The first-order chi connectivity index (χ1) is 12.7. The number of carbonyl (C=O) groups is 1. The first-order valence-corrected chi connectivity index (χ1v) is 9.60. The lowest BCUT2D eigenvalue weighted by Crippen LogP contribution is -2.15. The van der Waals surface area contributed by atoms with Crippen molar-refractivity contribution in [1.29, 1.82) is 0 Å². The maximum absolute atomic E-state index is 14.0. The lowest BCUT2D eigenvalue weighted by Gasteiger charge is -2.16. The number of aliphatic carboxylic acids is 1. The van der Waals surface area contributed by atoms with Gasteiger partial charge in [0.2, 0.25) is 0 Å². The van der Waals surface area contributed by atoms with Crippen LogP contribution in [0.15, 0.2) is 45.8 Å². The van der Waals surface area contributed by atoms with Gasteiger partial charge in [-0.15, -0.1) is 0 Å². The molecule has 0 aliphatic rings. The van der Waals surface area contributed by atoms with E-state index < -0.39 is 21.8 Å². The minimum atomic E-state index is -4.28. The van der Waals surface area contributed by atoms with Crippen molar-refractivity contribution in [3.05, 3.63) is 52.3 Å². The fourth-order valence-corrected chi connectivity index (χ4v) is 3.80. The van der Waals surface area contributed by atoms with E-state index in [0.717, 1.165) is 12.1 Å². The Morgan fingerprint density at radius 1 is 1.22 bits per heavy atom. The highest BCUT2D eigenvalue weighted by atomic mass is 79.9. The molecule has 2 aromatic rings. The van der Waals surface area contributed by atoms with Gasteiger partial charge in [-0.1, -0.05) is 15.9 Å². The Balaban J connectivity index is 2.59. The smallest absolute Gasteiger partial charge is 0.328 e. The third-order valence-electron chi connectivity index (χ3n) is 3.35. The van der Waals surface area contributed by atoms with Gasteiger partial charge in [-0.3, -0.25) is 4.72 Å². The molecule has 10 heteroatoms. The van der Waals surface area contributed by atoms with Crippen LogP contribution >= 0.6 is 15.9 Å². The number of carboxylic acids is 1. The number of benzene rings is 2. The lowest BCUT2D eigenvalue weighted by molar-refractivity contribution is -0.131. The summed E-state index contributed by atoms with van der Waals surface area (Å²) in [4.78, 5) is 10.4. The minimum absolute atomic E-state index is 0.0710. The largest absolute Gasteiger partial charge is 0.493 e. The molecule has 0 radical (unpaired) electrons. The first-order valence-electron chi connectivity index (χ1n) is 7.33. The van der Waals surface area contributed by atoms with Gasteiger partial charge in [0.25, 0.3) is 10.0 Å². The van der Waals surface area contributed by atoms with E-state index in [-0.39, 0.29) is 27.6 Å². The molecule has 0 amide bonds. The number of hydrogen-bond acceptors (Lipinski definition) is 5. The Labute approximate surface area is 163 Å². The van der Waals surface area contributed by atoms with Gasteiger partial charge >= 0.3 is 5.97 Å². The van der Waals surface area contributed by atoms with Gasteiger partial charge in [0.05, 0.1) is 19.9 Å². The van der Waals surface area contributed by atoms with Crippen molar-refractivity contribution < 1.29 is 32.2 Å². The van der Waals surface area contributed by atoms with Gasteiger partial charge in [-0.2, -0.15) is 0 Å². The van der Waals surface area contributed by atoms with E-state index in [0.29, 0.717) is 4.47 Å². The molecule has 0 aliphatic heterocycles. The van der Waals surface area contributed by atoms with Crippen LogP contribution in [-0.4, -0.2) is 33.7 Å². The van der Waals surface area contributed by atoms with Gasteiger partial charge < -0.3 is 14.6 Å². The Hall–Kier alpha value is -2.59. The summed E-state index contributed by atoms with van der Waals surface area (Å²) in [5, 5.41) is 8.76. The van der Waals surface area contributed by atoms with Crippen LogP contribution in [0, 0.1) is 5.82 Å². The fourth-order valence-electron chi connectivity index (χ4n) is 2.19. The van der Waals surface area contributed by atoms with Crippen molar-refractivity contribution in [2.45, 2.75) is 4.90 Å². The number of ether oxygens (including phenoxy) is 2. The van der Waals surface area contributed by atoms with Crippen LogP contribution in [-0.2, 0) is 14.8 Å². The van der Waals surface area contributed by atoms with Crippen LogP contribution in [0.2, 0.25) is 0 Å². The van der Waals surface area contributed by atoms with Crippen molar-refractivity contribution in [3.8, 4) is 11.5 Å². The molecule has 0 saturated heterocycles. The molecule has 0 atom stereocenters. The quantitative estimate of drug-likeness (QED) is 0.614. The molecule has 0 fully saturated rings. The predicted octanol–water partition coefficient (Wildman–Crippen LogP) is 3.50. The molecule has 2 N–H and O–H groups in total. The number of rotatable bonds is 7. The Kier molecular flexibility index (Phi) is 6.45. The van der Waals surface area contributed by atoms with Crippen LogP contribution < -0.4 is 14.2 Å². The second-order valence-corrected chi connectivity index (χ2v) is 7.72. The van der Waals surface area contributed by atoms with E-state index in [2.05, 4.69) is 20.7 Å². The summed E-state index contributed by atoms with van der Waals surface area (Å²) in [7, 11) is -1.72. The number of sulfonamides is 1. The van der Waals surface area contributed by atoms with Crippen LogP contribution in [0.1, 0.15) is 5.56 Å². The summed E-state index contributed by atoms with van der Waals surface area (Å²) in [6.45, 7) is 0. The van der Waals surface area contributed by atoms with Crippen molar-refractivity contribution in [1.82, 2.24) is 0 Å². The zero-order valence-electron chi connectivity index (χ0n) is 14.2. The standard InChI is InChI=1S/C17H15BrFNO6S/c1-25-14-7-10(3-6-16(21)22)8-15(17(14)26-2)27(23,24)20-13-5-4-11(18)9-12(13)19/h3-9,20H,1-2H3,(H,21,22)/b6-3+. The summed E-state index contributed by atoms with van der Waals surface area (Å²) in [5.74, 6) is -2.01. The molecule has 2 aromatic carbocycles. The molecule has 0 saturated carbocycles. The maximum atomic E-state index is 14.0. The van der Waals surface area contributed by atoms with E-state index in [9.17, 15) is 17.6 Å². The lowest BCUT2D eigenvalue weighted by atomic mass is 10.2. The summed E-state index contributed by atoms with van der Waals surface area (Å²) in [6.07, 6.45) is 2.04. The molecule has 27 heavy (non-hydrogen) atoms. The summed E-state index contributed by atoms with van der Waals surface area (Å²) >= 11 is 3.09. The molecule has 0 heterocycles. The van der Waals surface area contributed by atoms with Crippen molar-refractivity contribution in [2.24, 2.45) is 0 Å². The SMILES string of the molecule is COc1cc(/C=C/C(=O)O)cc(S(=O)(=O)Nc2ccc(Br)cc2F)c1OC. The van der Waals surface area contributed by atoms with Crippen LogP contribution in [0.25, 0.3) is 6.08 Å². The second kappa shape index (κ2) is 8.40. The van der Waals surface area contributed by atoms with E-state index in [4.69, 9.17) is 14.6 Å². The average molecular weight is 460 g/mol. The second-order valence-electron chi connectivity index (χ2n) is 5.16. The highest BCUT2D eigenvalue weighted by Crippen LogP contribution is 2.37. The Bertz CT molecular complexity index is 1010. The predicted molar refractivity (Wildman–Crippen MR) is 101 cm³/mol. The molecule has 0 bridgehead atoms. The molecular weight excluding hydrogens is 445 g/mol. The Morgan fingerprint density at radius 2 is 1.93 bits per heavy atom. The van der Waals surface area contributed by atoms with Gasteiger partial charge in [-0.05, 0) is 42.0 Å². The number of halogens is 2. The molecule has 7 nitrogen and oxygen atoms in total. The highest BCUT2D eigenvalue weighted by molar-refractivity contribution is 9.10. The third-order valence-corrected chi connectivity index (χ3v) is 5.21. The fraction of sp³-hybridized carbons (Fsp3) is 0.118. The summed E-state index contributed by atoms with van der Waals surface area (Å²) < 4.78 is 52.5. The van der Waals surface area contributed by atoms with E-state index in [1.807, 2.05) is 0 Å². The summed E-state index contributed by atoms with van der Waals surface area (Å²) in [5.41, 5.74) is -0.0163. The number of anilines is 1. The first kappa shape index (κ1) is 20.7. The Morgan fingerprint density at radius 3 is 2.48 bits per heavy atom. The number of carboxylic acid groups (broad SMARTS) is 1. The van der Waals surface area contributed by atoms with E-state index >= 15 is 0 Å². The zero-order chi connectivity index (χ0) is 20.2. The van der Waals surface area contributed by atoms with Gasteiger partial charge in [0.15, 0.2) is 11.5 Å². The minimum Gasteiger partial charge on any atom is -0.493 e. The highest BCUT2D eigenvalue weighted by Gasteiger charge is 2.25. The van der Waals surface area contributed by atoms with Crippen LogP contribution in [0.5, 0.6) is 11.5 Å². The molecule has 0 aliphatic carbocycles. The molecule has 0 unspecified atom stereocenters. The number of nitrogens with one attached hydrogen (secondary N) is 1. The maximum Gasteiger partial charge on any atom is 0.328 e. The number of methoxy groups -OCH3 is 2. The third kappa shape index (κ3) is 4.98.